The number of carboxylic acids is 1. The number of aromatic carboxylic acids is 1. The van der Waals surface area contributed by atoms with Gasteiger partial charge in [0.2, 0.25) is 0 Å². The number of carbonyl (C=O) groups is 1. The molecule has 1 aromatic rings. The topological polar surface area (TPSA) is 81.8 Å². The molecule has 3 N–H and O–H groups in total. The maximum atomic E-state index is 10.9. The van der Waals surface area contributed by atoms with Gasteiger partial charge in [0.15, 0.2) is 11.5 Å². The van der Waals surface area contributed by atoms with Crippen LogP contribution in [0.25, 0.3) is 0 Å². The van der Waals surface area contributed by atoms with E-state index < -0.39 is 5.97 Å². The van der Waals surface area contributed by atoms with Crippen LogP contribution >= 0.6 is 0 Å². The van der Waals surface area contributed by atoms with Crippen molar-refractivity contribution in [2.45, 2.75) is 12.8 Å². The zero-order valence-electron chi connectivity index (χ0n) is 10.3. The van der Waals surface area contributed by atoms with Gasteiger partial charge in [-0.25, -0.2) is 4.79 Å². The Bertz CT molecular complexity index is 454. The van der Waals surface area contributed by atoms with Crippen LogP contribution in [0.3, 0.4) is 0 Å². The molecule has 1 aromatic carbocycles. The Morgan fingerprint density at radius 1 is 1.44 bits per heavy atom. The summed E-state index contributed by atoms with van der Waals surface area (Å²) in [5, 5.41) is 8.94. The fraction of sp³-hybridized carbons (Fsp3) is 0.462. The Labute approximate surface area is 106 Å². The second kappa shape index (κ2) is 4.86. The van der Waals surface area contributed by atoms with Crippen LogP contribution in [0.5, 0.6) is 11.5 Å². The average molecular weight is 251 g/mol. The van der Waals surface area contributed by atoms with E-state index in [0.717, 1.165) is 12.8 Å². The third-order valence-corrected chi connectivity index (χ3v) is 3.33. The van der Waals surface area contributed by atoms with Gasteiger partial charge in [0.1, 0.15) is 0 Å². The molecule has 0 amide bonds. The summed E-state index contributed by atoms with van der Waals surface area (Å²) in [7, 11) is 1.53. The maximum absolute atomic E-state index is 10.9. The van der Waals surface area contributed by atoms with Crippen molar-refractivity contribution in [2.75, 3.05) is 20.3 Å². The smallest absolute Gasteiger partial charge is 0.335 e. The summed E-state index contributed by atoms with van der Waals surface area (Å²) in [6.07, 6.45) is 2.12. The predicted octanol–water partition coefficient (Wildman–Crippen LogP) is 1.51. The van der Waals surface area contributed by atoms with Gasteiger partial charge in [-0.3, -0.25) is 0 Å². The van der Waals surface area contributed by atoms with Crippen molar-refractivity contribution in [1.82, 2.24) is 0 Å². The Kier molecular flexibility index (Phi) is 3.43. The van der Waals surface area contributed by atoms with Crippen molar-refractivity contribution < 1.29 is 19.4 Å². The first-order chi connectivity index (χ1) is 8.60. The number of ether oxygens (including phenoxy) is 2. The lowest BCUT2D eigenvalue weighted by Gasteiger charge is -2.16. The minimum Gasteiger partial charge on any atom is -0.493 e. The highest BCUT2D eigenvalue weighted by Gasteiger charge is 2.42. The minimum atomic E-state index is -0.984. The lowest BCUT2D eigenvalue weighted by Crippen LogP contribution is -2.23. The monoisotopic (exact) mass is 251 g/mol. The molecule has 0 atom stereocenters. The quantitative estimate of drug-likeness (QED) is 0.801. The molecule has 0 spiro atoms. The summed E-state index contributed by atoms with van der Waals surface area (Å²) >= 11 is 0. The number of methoxy groups -OCH3 is 1. The number of rotatable bonds is 6. The molecule has 1 fully saturated rings. The van der Waals surface area contributed by atoms with Gasteiger partial charge < -0.3 is 20.3 Å². The molecular formula is C13H17NO4. The predicted molar refractivity (Wildman–Crippen MR) is 66.2 cm³/mol. The number of hydrogen-bond acceptors (Lipinski definition) is 4. The van der Waals surface area contributed by atoms with Crippen LogP contribution in [-0.2, 0) is 0 Å². The highest BCUT2D eigenvalue weighted by Crippen LogP contribution is 2.45. The molecule has 0 aromatic heterocycles. The minimum absolute atomic E-state index is 0.0737. The van der Waals surface area contributed by atoms with E-state index in [1.54, 1.807) is 6.07 Å². The van der Waals surface area contributed by atoms with Gasteiger partial charge in [-0.05, 0) is 31.0 Å². The summed E-state index contributed by atoms with van der Waals surface area (Å²) in [6, 6.07) is 4.57. The van der Waals surface area contributed by atoms with Gasteiger partial charge in [0.25, 0.3) is 0 Å². The standard InChI is InChI=1S/C13H17NO4/c1-17-10-3-2-9(12(15)16)6-11(10)18-8-13(7-14)4-5-13/h2-3,6H,4-5,7-8,14H2,1H3,(H,15,16). The SMILES string of the molecule is COc1ccc(C(=O)O)cc1OCC1(CN)CC1. The molecule has 2 rings (SSSR count). The highest BCUT2D eigenvalue weighted by molar-refractivity contribution is 5.88. The van der Waals surface area contributed by atoms with Crippen LogP contribution in [0, 0.1) is 5.41 Å². The molecule has 0 aliphatic heterocycles. The fourth-order valence-corrected chi connectivity index (χ4v) is 1.74. The van der Waals surface area contributed by atoms with Crippen molar-refractivity contribution in [3.63, 3.8) is 0 Å². The fourth-order valence-electron chi connectivity index (χ4n) is 1.74. The first kappa shape index (κ1) is 12.7. The summed E-state index contributed by atoms with van der Waals surface area (Å²) in [5.74, 6) is 0.00686. The first-order valence-electron chi connectivity index (χ1n) is 5.84. The third kappa shape index (κ3) is 2.56. The molecule has 18 heavy (non-hydrogen) atoms. The maximum Gasteiger partial charge on any atom is 0.335 e. The summed E-state index contributed by atoms with van der Waals surface area (Å²) in [5.41, 5.74) is 5.93. The average Bonchev–Trinajstić information content (AvgIpc) is 3.16. The van der Waals surface area contributed by atoms with Crippen molar-refractivity contribution in [3.8, 4) is 11.5 Å². The van der Waals surface area contributed by atoms with E-state index in [9.17, 15) is 4.79 Å². The van der Waals surface area contributed by atoms with Gasteiger partial charge in [0, 0.05) is 12.0 Å². The molecule has 5 nitrogen and oxygen atoms in total. The molecule has 0 bridgehead atoms. The lowest BCUT2D eigenvalue weighted by atomic mass is 10.1. The number of nitrogens with two attached hydrogens (primary N) is 1. The summed E-state index contributed by atoms with van der Waals surface area (Å²) in [6.45, 7) is 1.09. The zero-order chi connectivity index (χ0) is 13.2. The van der Waals surface area contributed by atoms with Gasteiger partial charge in [-0.2, -0.15) is 0 Å². The number of hydrogen-bond donors (Lipinski definition) is 2. The van der Waals surface area contributed by atoms with Gasteiger partial charge in [0.05, 0.1) is 19.3 Å². The van der Waals surface area contributed by atoms with E-state index in [-0.39, 0.29) is 11.0 Å². The van der Waals surface area contributed by atoms with Crippen molar-refractivity contribution in [2.24, 2.45) is 11.1 Å². The zero-order valence-corrected chi connectivity index (χ0v) is 10.3. The van der Waals surface area contributed by atoms with Gasteiger partial charge >= 0.3 is 5.97 Å². The van der Waals surface area contributed by atoms with E-state index in [0.29, 0.717) is 24.7 Å². The van der Waals surface area contributed by atoms with Crippen molar-refractivity contribution in [1.29, 1.82) is 0 Å². The third-order valence-electron chi connectivity index (χ3n) is 3.33. The van der Waals surface area contributed by atoms with Crippen LogP contribution in [0.2, 0.25) is 0 Å². The van der Waals surface area contributed by atoms with Gasteiger partial charge in [-0.15, -0.1) is 0 Å². The van der Waals surface area contributed by atoms with Crippen molar-refractivity contribution in [3.05, 3.63) is 23.8 Å². The van der Waals surface area contributed by atoms with Crippen LogP contribution in [-0.4, -0.2) is 31.3 Å². The normalized spacial score (nSPS) is 16.1. The summed E-state index contributed by atoms with van der Waals surface area (Å²) in [4.78, 5) is 10.9. The Balaban J connectivity index is 2.14. The molecule has 1 saturated carbocycles. The van der Waals surface area contributed by atoms with Crippen LogP contribution in [0.15, 0.2) is 18.2 Å². The van der Waals surface area contributed by atoms with E-state index in [4.69, 9.17) is 20.3 Å². The Morgan fingerprint density at radius 2 is 2.17 bits per heavy atom. The Hall–Kier alpha value is -1.75. The highest BCUT2D eigenvalue weighted by atomic mass is 16.5. The largest absolute Gasteiger partial charge is 0.493 e. The lowest BCUT2D eigenvalue weighted by molar-refractivity contribution is 0.0696. The van der Waals surface area contributed by atoms with E-state index in [1.165, 1.54) is 19.2 Å². The molecule has 5 heteroatoms. The van der Waals surface area contributed by atoms with Crippen LogP contribution < -0.4 is 15.2 Å². The molecule has 1 aliphatic carbocycles. The molecule has 0 radical (unpaired) electrons. The molecule has 0 saturated heterocycles. The number of benzene rings is 1. The molecule has 1 aliphatic rings. The van der Waals surface area contributed by atoms with Crippen molar-refractivity contribution >= 4 is 5.97 Å². The van der Waals surface area contributed by atoms with Crippen LogP contribution in [0.4, 0.5) is 0 Å². The molecular weight excluding hydrogens is 234 g/mol. The second-order valence-electron chi connectivity index (χ2n) is 4.66. The first-order valence-corrected chi connectivity index (χ1v) is 5.84. The number of carboxylic acid groups (broad SMARTS) is 1. The molecule has 98 valence electrons. The van der Waals surface area contributed by atoms with Gasteiger partial charge in [-0.1, -0.05) is 0 Å². The molecule has 0 unspecified atom stereocenters. The summed E-state index contributed by atoms with van der Waals surface area (Å²) < 4.78 is 10.8. The molecule has 0 heterocycles. The Morgan fingerprint density at radius 3 is 2.67 bits per heavy atom. The van der Waals surface area contributed by atoms with E-state index in [1.807, 2.05) is 0 Å². The van der Waals surface area contributed by atoms with E-state index in [2.05, 4.69) is 0 Å². The second-order valence-corrected chi connectivity index (χ2v) is 4.66. The van der Waals surface area contributed by atoms with E-state index >= 15 is 0 Å². The van der Waals surface area contributed by atoms with Crippen LogP contribution in [0.1, 0.15) is 23.2 Å².